The molecule has 2 aromatic rings. The molecule has 0 bridgehead atoms. The van der Waals surface area contributed by atoms with Crippen LogP contribution < -0.4 is 15.5 Å². The highest BCUT2D eigenvalue weighted by atomic mass is 16.2. The van der Waals surface area contributed by atoms with Gasteiger partial charge in [0.1, 0.15) is 6.04 Å². The van der Waals surface area contributed by atoms with Crippen LogP contribution in [-0.2, 0) is 4.79 Å². The number of benzene rings is 2. The number of hydrogen-bond acceptors (Lipinski definition) is 3. The van der Waals surface area contributed by atoms with Gasteiger partial charge in [0.05, 0.1) is 0 Å². The van der Waals surface area contributed by atoms with Crippen molar-refractivity contribution >= 4 is 17.5 Å². The normalized spacial score (nSPS) is 17.1. The van der Waals surface area contributed by atoms with E-state index in [1.165, 1.54) is 5.69 Å². The Balaban J connectivity index is 1.55. The molecule has 0 aliphatic carbocycles. The minimum atomic E-state index is -0.524. The van der Waals surface area contributed by atoms with Gasteiger partial charge < -0.3 is 15.5 Å². The highest BCUT2D eigenvalue weighted by molar-refractivity contribution is 5.98. The molecular weight excluding hydrogens is 374 g/mol. The van der Waals surface area contributed by atoms with Gasteiger partial charge in [0.25, 0.3) is 5.91 Å². The number of rotatable bonds is 8. The first-order valence-electron chi connectivity index (χ1n) is 10.9. The van der Waals surface area contributed by atoms with Gasteiger partial charge in [-0.05, 0) is 55.4 Å². The van der Waals surface area contributed by atoms with Crippen molar-refractivity contribution in [2.75, 3.05) is 24.5 Å². The molecule has 1 heterocycles. The summed E-state index contributed by atoms with van der Waals surface area (Å²) in [6.45, 7) is 8.62. The minimum Gasteiger partial charge on any atom is -0.371 e. The van der Waals surface area contributed by atoms with Crippen LogP contribution in [-0.4, -0.2) is 37.5 Å². The van der Waals surface area contributed by atoms with E-state index in [0.29, 0.717) is 30.4 Å². The largest absolute Gasteiger partial charge is 0.371 e. The van der Waals surface area contributed by atoms with Crippen molar-refractivity contribution in [1.82, 2.24) is 10.6 Å². The van der Waals surface area contributed by atoms with E-state index in [1.807, 2.05) is 31.2 Å². The molecule has 2 N–H and O–H groups in total. The molecule has 0 spiro atoms. The van der Waals surface area contributed by atoms with E-state index in [0.717, 1.165) is 25.1 Å². The number of amides is 2. The lowest BCUT2D eigenvalue weighted by molar-refractivity contribution is -0.123. The maximum Gasteiger partial charge on any atom is 0.252 e. The standard InChI is InChI=1S/C25H33N3O2/c1-18(2)15-23(27-24(29)22-12-8-7-9-19(22)3)25(30)26-16-20-13-14-28(17-20)21-10-5-4-6-11-21/h4-12,18,20,23H,13-17H2,1-3H3,(H,26,30)(H,27,29). The zero-order valence-corrected chi connectivity index (χ0v) is 18.2. The molecule has 160 valence electrons. The molecule has 1 fully saturated rings. The second kappa shape index (κ2) is 10.3. The van der Waals surface area contributed by atoms with Gasteiger partial charge in [0, 0.05) is 30.9 Å². The quantitative estimate of drug-likeness (QED) is 0.700. The van der Waals surface area contributed by atoms with E-state index in [2.05, 4.69) is 53.6 Å². The third-order valence-corrected chi connectivity index (χ3v) is 5.69. The Bertz CT molecular complexity index is 850. The zero-order chi connectivity index (χ0) is 21.5. The molecule has 2 unspecified atom stereocenters. The summed E-state index contributed by atoms with van der Waals surface area (Å²) in [4.78, 5) is 28.0. The molecule has 2 aromatic carbocycles. The number of para-hydroxylation sites is 1. The summed E-state index contributed by atoms with van der Waals surface area (Å²) in [5.41, 5.74) is 2.76. The number of hydrogen-bond donors (Lipinski definition) is 2. The molecule has 1 aliphatic heterocycles. The number of nitrogens with zero attached hydrogens (tertiary/aromatic N) is 1. The van der Waals surface area contributed by atoms with Gasteiger partial charge in [-0.3, -0.25) is 9.59 Å². The van der Waals surface area contributed by atoms with Gasteiger partial charge in [-0.25, -0.2) is 0 Å². The molecular formula is C25H33N3O2. The number of carbonyl (C=O) groups excluding carboxylic acids is 2. The lowest BCUT2D eigenvalue weighted by Crippen LogP contribution is -2.48. The maximum absolute atomic E-state index is 12.9. The first-order chi connectivity index (χ1) is 14.4. The number of carbonyl (C=O) groups is 2. The third kappa shape index (κ3) is 5.85. The van der Waals surface area contributed by atoms with Crippen molar-refractivity contribution < 1.29 is 9.59 Å². The van der Waals surface area contributed by atoms with Gasteiger partial charge in [0.2, 0.25) is 5.91 Å². The second-order valence-electron chi connectivity index (χ2n) is 8.65. The first-order valence-corrected chi connectivity index (χ1v) is 10.9. The van der Waals surface area contributed by atoms with Crippen molar-refractivity contribution in [1.29, 1.82) is 0 Å². The van der Waals surface area contributed by atoms with Gasteiger partial charge in [-0.2, -0.15) is 0 Å². The van der Waals surface area contributed by atoms with Crippen LogP contribution in [0.4, 0.5) is 5.69 Å². The molecule has 3 rings (SSSR count). The summed E-state index contributed by atoms with van der Waals surface area (Å²) >= 11 is 0. The highest BCUT2D eigenvalue weighted by Crippen LogP contribution is 2.23. The average molecular weight is 408 g/mol. The maximum atomic E-state index is 12.9. The minimum absolute atomic E-state index is 0.0937. The number of nitrogens with one attached hydrogen (secondary N) is 2. The fourth-order valence-electron chi connectivity index (χ4n) is 4.01. The molecule has 5 heteroatoms. The van der Waals surface area contributed by atoms with Crippen LogP contribution >= 0.6 is 0 Å². The van der Waals surface area contributed by atoms with Crippen molar-refractivity contribution in [2.45, 2.75) is 39.7 Å². The SMILES string of the molecule is Cc1ccccc1C(=O)NC(CC(C)C)C(=O)NCC1CCN(c2ccccc2)C1. The van der Waals surface area contributed by atoms with Crippen molar-refractivity contribution in [3.05, 3.63) is 65.7 Å². The van der Waals surface area contributed by atoms with Gasteiger partial charge >= 0.3 is 0 Å². The van der Waals surface area contributed by atoms with Crippen LogP contribution in [0.2, 0.25) is 0 Å². The lowest BCUT2D eigenvalue weighted by Gasteiger charge is -2.22. The Morgan fingerprint density at radius 3 is 2.47 bits per heavy atom. The first kappa shape index (κ1) is 21.9. The van der Waals surface area contributed by atoms with E-state index >= 15 is 0 Å². The van der Waals surface area contributed by atoms with E-state index in [4.69, 9.17) is 0 Å². The summed E-state index contributed by atoms with van der Waals surface area (Å²) in [5.74, 6) is 0.438. The predicted octanol–water partition coefficient (Wildman–Crippen LogP) is 3.78. The fraction of sp³-hybridized carbons (Fsp3) is 0.440. The number of anilines is 1. The van der Waals surface area contributed by atoms with Crippen molar-refractivity contribution in [2.24, 2.45) is 11.8 Å². The van der Waals surface area contributed by atoms with Crippen LogP contribution in [0.5, 0.6) is 0 Å². The fourth-order valence-corrected chi connectivity index (χ4v) is 4.01. The molecule has 2 amide bonds. The summed E-state index contributed by atoms with van der Waals surface area (Å²) in [6.07, 6.45) is 1.67. The second-order valence-corrected chi connectivity index (χ2v) is 8.65. The Kier molecular flexibility index (Phi) is 7.50. The zero-order valence-electron chi connectivity index (χ0n) is 18.2. The predicted molar refractivity (Wildman–Crippen MR) is 122 cm³/mol. The monoisotopic (exact) mass is 407 g/mol. The molecule has 0 radical (unpaired) electrons. The summed E-state index contributed by atoms with van der Waals surface area (Å²) in [6, 6.07) is 17.3. The topological polar surface area (TPSA) is 61.4 Å². The highest BCUT2D eigenvalue weighted by Gasteiger charge is 2.26. The molecule has 5 nitrogen and oxygen atoms in total. The van der Waals surface area contributed by atoms with E-state index in [-0.39, 0.29) is 11.8 Å². The molecule has 2 atom stereocenters. The van der Waals surface area contributed by atoms with Crippen molar-refractivity contribution in [3.8, 4) is 0 Å². The van der Waals surface area contributed by atoms with Crippen LogP contribution in [0.1, 0.15) is 42.6 Å². The van der Waals surface area contributed by atoms with Crippen LogP contribution in [0.25, 0.3) is 0 Å². The number of aryl methyl sites for hydroxylation is 1. The van der Waals surface area contributed by atoms with Gasteiger partial charge in [-0.1, -0.05) is 50.2 Å². The summed E-state index contributed by atoms with van der Waals surface area (Å²) < 4.78 is 0. The lowest BCUT2D eigenvalue weighted by atomic mass is 10.0. The summed E-state index contributed by atoms with van der Waals surface area (Å²) in [5, 5.41) is 6.05. The Hall–Kier alpha value is -2.82. The molecule has 30 heavy (non-hydrogen) atoms. The van der Waals surface area contributed by atoms with Crippen LogP contribution in [0, 0.1) is 18.8 Å². The van der Waals surface area contributed by atoms with E-state index in [9.17, 15) is 9.59 Å². The molecule has 1 aliphatic rings. The summed E-state index contributed by atoms with van der Waals surface area (Å²) in [7, 11) is 0. The Labute approximate surface area is 179 Å². The Morgan fingerprint density at radius 1 is 1.07 bits per heavy atom. The van der Waals surface area contributed by atoms with E-state index < -0.39 is 6.04 Å². The van der Waals surface area contributed by atoms with Crippen molar-refractivity contribution in [3.63, 3.8) is 0 Å². The van der Waals surface area contributed by atoms with Crippen LogP contribution in [0.3, 0.4) is 0 Å². The molecule has 1 saturated heterocycles. The molecule has 0 aromatic heterocycles. The Morgan fingerprint density at radius 2 is 1.77 bits per heavy atom. The average Bonchev–Trinajstić information content (AvgIpc) is 3.21. The molecule has 0 saturated carbocycles. The van der Waals surface area contributed by atoms with Gasteiger partial charge in [0.15, 0.2) is 0 Å². The van der Waals surface area contributed by atoms with Gasteiger partial charge in [-0.15, -0.1) is 0 Å². The van der Waals surface area contributed by atoms with E-state index in [1.54, 1.807) is 6.07 Å². The smallest absolute Gasteiger partial charge is 0.252 e. The third-order valence-electron chi connectivity index (χ3n) is 5.69. The van der Waals surface area contributed by atoms with Crippen LogP contribution in [0.15, 0.2) is 54.6 Å².